The largest absolute Gasteiger partial charge is 0.479 e. The van der Waals surface area contributed by atoms with E-state index in [0.29, 0.717) is 29.3 Å². The second kappa shape index (κ2) is 7.83. The van der Waals surface area contributed by atoms with Crippen molar-refractivity contribution >= 4 is 35.0 Å². The maximum absolute atomic E-state index is 12.2. The maximum atomic E-state index is 12.2. The number of ether oxygens (including phenoxy) is 1. The zero-order chi connectivity index (χ0) is 18.7. The lowest BCUT2D eigenvalue weighted by atomic mass is 10.1. The first kappa shape index (κ1) is 18.3. The summed E-state index contributed by atoms with van der Waals surface area (Å²) in [4.78, 5) is 25.0. The van der Waals surface area contributed by atoms with Crippen LogP contribution in [0.15, 0.2) is 41.3 Å². The number of fused-ring (bicyclic) bond motifs is 1. The summed E-state index contributed by atoms with van der Waals surface area (Å²) in [5, 5.41) is 5.64. The Morgan fingerprint density at radius 2 is 2.00 bits per heavy atom. The fraction of sp³-hybridized carbons (Fsp3) is 0.300. The van der Waals surface area contributed by atoms with Crippen LogP contribution in [0.25, 0.3) is 0 Å². The van der Waals surface area contributed by atoms with Crippen LogP contribution < -0.4 is 15.4 Å². The Kier molecular flexibility index (Phi) is 5.52. The van der Waals surface area contributed by atoms with Gasteiger partial charge in [-0.15, -0.1) is 11.8 Å². The van der Waals surface area contributed by atoms with Crippen molar-refractivity contribution in [1.29, 1.82) is 0 Å². The quantitative estimate of drug-likeness (QED) is 0.776. The Hall–Kier alpha value is -2.47. The van der Waals surface area contributed by atoms with Gasteiger partial charge in [-0.3, -0.25) is 9.59 Å². The van der Waals surface area contributed by atoms with Gasteiger partial charge in [0, 0.05) is 22.8 Å². The average molecular weight is 370 g/mol. The van der Waals surface area contributed by atoms with E-state index in [1.807, 2.05) is 0 Å². The molecule has 0 fully saturated rings. The predicted molar refractivity (Wildman–Crippen MR) is 105 cm³/mol. The van der Waals surface area contributed by atoms with E-state index in [2.05, 4.69) is 42.7 Å². The van der Waals surface area contributed by atoms with Crippen molar-refractivity contribution in [2.45, 2.75) is 38.2 Å². The van der Waals surface area contributed by atoms with Gasteiger partial charge in [0.25, 0.3) is 5.91 Å². The summed E-state index contributed by atoms with van der Waals surface area (Å²) in [6.07, 6.45) is -0.0976. The molecular formula is C20H22N2O3S. The number of rotatable bonds is 5. The van der Waals surface area contributed by atoms with Gasteiger partial charge in [-0.2, -0.15) is 0 Å². The monoisotopic (exact) mass is 370 g/mol. The number of nitrogens with one attached hydrogen (secondary N) is 2. The molecule has 5 nitrogen and oxygen atoms in total. The SMILES string of the molecule is Cc1ccc(SCCC(=O)Nc2ccc3c(c2)NC(=O)[C@H](C)O3)cc1C. The van der Waals surface area contributed by atoms with E-state index >= 15 is 0 Å². The molecule has 0 aromatic heterocycles. The number of thioether (sulfide) groups is 1. The van der Waals surface area contributed by atoms with Gasteiger partial charge in [0.1, 0.15) is 5.75 Å². The summed E-state index contributed by atoms with van der Waals surface area (Å²) >= 11 is 1.67. The Morgan fingerprint density at radius 3 is 2.77 bits per heavy atom. The lowest BCUT2D eigenvalue weighted by molar-refractivity contribution is -0.122. The van der Waals surface area contributed by atoms with Crippen LogP contribution in [0.4, 0.5) is 11.4 Å². The van der Waals surface area contributed by atoms with E-state index in [4.69, 9.17) is 4.74 Å². The van der Waals surface area contributed by atoms with Crippen molar-refractivity contribution in [2.75, 3.05) is 16.4 Å². The van der Waals surface area contributed by atoms with E-state index in [1.54, 1.807) is 36.9 Å². The molecule has 0 radical (unpaired) electrons. The molecule has 0 aliphatic carbocycles. The highest BCUT2D eigenvalue weighted by molar-refractivity contribution is 7.99. The van der Waals surface area contributed by atoms with Gasteiger partial charge in [0.05, 0.1) is 5.69 Å². The molecule has 2 aromatic carbocycles. The third-order valence-electron chi connectivity index (χ3n) is 4.27. The second-order valence-electron chi connectivity index (χ2n) is 6.35. The molecule has 1 aliphatic rings. The van der Waals surface area contributed by atoms with Gasteiger partial charge in [-0.1, -0.05) is 6.07 Å². The van der Waals surface area contributed by atoms with E-state index in [-0.39, 0.29) is 11.8 Å². The number of benzene rings is 2. The third-order valence-corrected chi connectivity index (χ3v) is 5.27. The Labute approximate surface area is 157 Å². The first-order chi connectivity index (χ1) is 12.4. The van der Waals surface area contributed by atoms with Crippen LogP contribution in [0.2, 0.25) is 0 Å². The van der Waals surface area contributed by atoms with Gasteiger partial charge in [0.2, 0.25) is 5.91 Å². The van der Waals surface area contributed by atoms with E-state index in [9.17, 15) is 9.59 Å². The molecule has 2 amide bonds. The van der Waals surface area contributed by atoms with Gasteiger partial charge in [0.15, 0.2) is 6.10 Å². The van der Waals surface area contributed by atoms with Gasteiger partial charge < -0.3 is 15.4 Å². The van der Waals surface area contributed by atoms with Gasteiger partial charge >= 0.3 is 0 Å². The molecule has 2 aromatic rings. The van der Waals surface area contributed by atoms with Crippen molar-refractivity contribution < 1.29 is 14.3 Å². The van der Waals surface area contributed by atoms with Gasteiger partial charge in [-0.25, -0.2) is 0 Å². The molecule has 1 aliphatic heterocycles. The highest BCUT2D eigenvalue weighted by Gasteiger charge is 2.23. The molecular weight excluding hydrogens is 348 g/mol. The summed E-state index contributed by atoms with van der Waals surface area (Å²) < 4.78 is 5.51. The van der Waals surface area contributed by atoms with Crippen LogP contribution in [0.1, 0.15) is 24.5 Å². The minimum absolute atomic E-state index is 0.0577. The number of anilines is 2. The number of hydrogen-bond donors (Lipinski definition) is 2. The van der Waals surface area contributed by atoms with Crippen molar-refractivity contribution in [3.05, 3.63) is 47.5 Å². The van der Waals surface area contributed by atoms with Crippen molar-refractivity contribution in [2.24, 2.45) is 0 Å². The minimum atomic E-state index is -0.509. The molecule has 0 spiro atoms. The zero-order valence-corrected chi connectivity index (χ0v) is 15.9. The molecule has 3 rings (SSSR count). The minimum Gasteiger partial charge on any atom is -0.479 e. The van der Waals surface area contributed by atoms with Crippen molar-refractivity contribution in [1.82, 2.24) is 0 Å². The fourth-order valence-electron chi connectivity index (χ4n) is 2.58. The number of aryl methyl sites for hydroxylation is 2. The zero-order valence-electron chi connectivity index (χ0n) is 15.1. The standard InChI is InChI=1S/C20H22N2O3S/c1-12-4-6-16(10-13(12)2)26-9-8-19(23)21-15-5-7-18-17(11-15)22-20(24)14(3)25-18/h4-7,10-11,14H,8-9H2,1-3H3,(H,21,23)(H,22,24)/t14-/m0/s1. The summed E-state index contributed by atoms with van der Waals surface area (Å²) in [7, 11) is 0. The fourth-order valence-corrected chi connectivity index (χ4v) is 3.52. The highest BCUT2D eigenvalue weighted by Crippen LogP contribution is 2.32. The van der Waals surface area contributed by atoms with Crippen LogP contribution in [-0.4, -0.2) is 23.7 Å². The van der Waals surface area contributed by atoms with E-state index in [0.717, 1.165) is 0 Å². The first-order valence-corrected chi connectivity index (χ1v) is 9.52. The summed E-state index contributed by atoms with van der Waals surface area (Å²) in [6, 6.07) is 11.6. The summed E-state index contributed by atoms with van der Waals surface area (Å²) in [5.41, 5.74) is 3.75. The maximum Gasteiger partial charge on any atom is 0.265 e. The smallest absolute Gasteiger partial charge is 0.265 e. The van der Waals surface area contributed by atoms with Crippen LogP contribution >= 0.6 is 11.8 Å². The summed E-state index contributed by atoms with van der Waals surface area (Å²) in [5.74, 6) is 1.07. The molecule has 2 N–H and O–H groups in total. The van der Waals surface area contributed by atoms with Crippen LogP contribution in [-0.2, 0) is 9.59 Å². The van der Waals surface area contributed by atoms with Crippen LogP contribution in [0, 0.1) is 13.8 Å². The lowest BCUT2D eigenvalue weighted by Gasteiger charge is -2.23. The first-order valence-electron chi connectivity index (χ1n) is 8.54. The van der Waals surface area contributed by atoms with Crippen molar-refractivity contribution in [3.8, 4) is 5.75 Å². The van der Waals surface area contributed by atoms with E-state index in [1.165, 1.54) is 16.0 Å². The molecule has 0 unspecified atom stereocenters. The molecule has 1 atom stereocenters. The number of amides is 2. The Balaban J connectivity index is 1.53. The molecule has 0 saturated heterocycles. The van der Waals surface area contributed by atoms with Gasteiger partial charge in [-0.05, 0) is 62.2 Å². The van der Waals surface area contributed by atoms with Crippen LogP contribution in [0.5, 0.6) is 5.75 Å². The molecule has 26 heavy (non-hydrogen) atoms. The van der Waals surface area contributed by atoms with Crippen LogP contribution in [0.3, 0.4) is 0 Å². The van der Waals surface area contributed by atoms with E-state index < -0.39 is 6.10 Å². The van der Waals surface area contributed by atoms with Crippen molar-refractivity contribution in [3.63, 3.8) is 0 Å². The summed E-state index contributed by atoms with van der Waals surface area (Å²) in [6.45, 7) is 5.87. The average Bonchev–Trinajstić information content (AvgIpc) is 2.59. The molecule has 1 heterocycles. The lowest BCUT2D eigenvalue weighted by Crippen LogP contribution is -2.34. The number of hydrogen-bond acceptors (Lipinski definition) is 4. The molecule has 0 saturated carbocycles. The predicted octanol–water partition coefficient (Wildman–Crippen LogP) is 4.14. The highest BCUT2D eigenvalue weighted by atomic mass is 32.2. The number of carbonyl (C=O) groups is 2. The molecule has 6 heteroatoms. The third kappa shape index (κ3) is 4.38. The Morgan fingerprint density at radius 1 is 1.19 bits per heavy atom. The topological polar surface area (TPSA) is 67.4 Å². The second-order valence-corrected chi connectivity index (χ2v) is 7.52. The number of carbonyl (C=O) groups excluding carboxylic acids is 2. The Bertz CT molecular complexity index is 851. The molecule has 136 valence electrons. The normalized spacial score (nSPS) is 15.7. The molecule has 0 bridgehead atoms.